The molecule has 0 radical (unpaired) electrons. The van der Waals surface area contributed by atoms with Crippen molar-refractivity contribution in [2.24, 2.45) is 0 Å². The number of aromatic nitrogens is 1. The number of nitrogens with one attached hydrogen (secondary N) is 1. The molecule has 1 rings (SSSR count). The number of aromatic amines is 1. The molecule has 0 amide bonds. The Bertz CT molecular complexity index is 558. The quantitative estimate of drug-likeness (QED) is 0.817. The second-order valence-corrected chi connectivity index (χ2v) is 3.09. The van der Waals surface area contributed by atoms with E-state index in [1.165, 1.54) is 4.98 Å². The maximum absolute atomic E-state index is 12.3. The van der Waals surface area contributed by atoms with E-state index in [9.17, 15) is 35.9 Å². The van der Waals surface area contributed by atoms with E-state index in [4.69, 9.17) is 5.11 Å². The SMILES string of the molecule is O=C(O)c1[nH]cc(C(F)(F)F)c(=O)c1OC(F)(F)F. The molecule has 19 heavy (non-hydrogen) atoms. The molecule has 0 aromatic carbocycles. The number of halogens is 6. The Morgan fingerprint density at radius 1 is 1.21 bits per heavy atom. The summed E-state index contributed by atoms with van der Waals surface area (Å²) in [6, 6.07) is 0. The number of hydrogen-bond donors (Lipinski definition) is 2. The van der Waals surface area contributed by atoms with Crippen molar-refractivity contribution in [3.63, 3.8) is 0 Å². The van der Waals surface area contributed by atoms with Gasteiger partial charge in [-0.1, -0.05) is 0 Å². The van der Waals surface area contributed by atoms with Gasteiger partial charge in [-0.15, -0.1) is 13.2 Å². The normalized spacial score (nSPS) is 12.3. The van der Waals surface area contributed by atoms with Crippen LogP contribution in [0.2, 0.25) is 0 Å². The minimum Gasteiger partial charge on any atom is -0.476 e. The van der Waals surface area contributed by atoms with Gasteiger partial charge in [-0.3, -0.25) is 4.79 Å². The number of alkyl halides is 6. The Balaban J connectivity index is 3.54. The highest BCUT2D eigenvalue weighted by molar-refractivity contribution is 5.88. The lowest BCUT2D eigenvalue weighted by Gasteiger charge is -2.12. The van der Waals surface area contributed by atoms with Gasteiger partial charge >= 0.3 is 18.5 Å². The third kappa shape index (κ3) is 3.39. The van der Waals surface area contributed by atoms with Crippen LogP contribution in [-0.2, 0) is 6.18 Å². The van der Waals surface area contributed by atoms with Crippen LogP contribution < -0.4 is 10.2 Å². The molecule has 2 N–H and O–H groups in total. The monoisotopic (exact) mass is 291 g/mol. The summed E-state index contributed by atoms with van der Waals surface area (Å²) in [7, 11) is 0. The van der Waals surface area contributed by atoms with Crippen LogP contribution in [0.25, 0.3) is 0 Å². The number of carbonyl (C=O) groups is 1. The Morgan fingerprint density at radius 2 is 1.74 bits per heavy atom. The molecule has 0 atom stereocenters. The predicted octanol–water partition coefficient (Wildman–Crippen LogP) is 1.99. The maximum Gasteiger partial charge on any atom is 0.573 e. The van der Waals surface area contributed by atoms with Crippen molar-refractivity contribution < 1.29 is 41.0 Å². The predicted molar refractivity (Wildman–Crippen MR) is 45.7 cm³/mol. The lowest BCUT2D eigenvalue weighted by atomic mass is 10.2. The Hall–Kier alpha value is -2.20. The van der Waals surface area contributed by atoms with Gasteiger partial charge in [0, 0.05) is 6.20 Å². The van der Waals surface area contributed by atoms with E-state index >= 15 is 0 Å². The number of carboxylic acids is 1. The molecule has 0 aliphatic carbocycles. The van der Waals surface area contributed by atoms with E-state index in [0.29, 0.717) is 0 Å². The minimum absolute atomic E-state index is 0.0466. The van der Waals surface area contributed by atoms with Gasteiger partial charge in [-0.05, 0) is 0 Å². The van der Waals surface area contributed by atoms with Gasteiger partial charge in [0.25, 0.3) is 0 Å². The molecule has 0 unspecified atom stereocenters. The molecule has 0 saturated carbocycles. The Labute approximate surface area is 99.0 Å². The van der Waals surface area contributed by atoms with Gasteiger partial charge in [0.1, 0.15) is 5.56 Å². The minimum atomic E-state index is -5.51. The molecule has 1 aromatic heterocycles. The van der Waals surface area contributed by atoms with Crippen LogP contribution in [0.15, 0.2) is 11.0 Å². The lowest BCUT2D eigenvalue weighted by Crippen LogP contribution is -2.29. The third-order valence-corrected chi connectivity index (χ3v) is 1.78. The molecule has 0 fully saturated rings. The number of ether oxygens (including phenoxy) is 1. The van der Waals surface area contributed by atoms with Crippen LogP contribution in [0, 0.1) is 0 Å². The van der Waals surface area contributed by atoms with E-state index < -0.39 is 40.9 Å². The molecular formula is C8H3F6NO4. The van der Waals surface area contributed by atoms with Crippen LogP contribution >= 0.6 is 0 Å². The summed E-state index contributed by atoms with van der Waals surface area (Å²) in [6.45, 7) is 0. The standard InChI is InChI=1S/C8H3F6NO4/c9-7(10,11)2-1-15-3(6(17)18)5(4(2)16)19-8(12,13)14/h1H,(H,15,16)(H,17,18). The number of rotatable bonds is 2. The lowest BCUT2D eigenvalue weighted by molar-refractivity contribution is -0.275. The number of carboxylic acid groups (broad SMARTS) is 1. The highest BCUT2D eigenvalue weighted by Crippen LogP contribution is 2.29. The zero-order valence-corrected chi connectivity index (χ0v) is 8.52. The summed E-state index contributed by atoms with van der Waals surface area (Å²) in [5.41, 5.74) is -5.66. The summed E-state index contributed by atoms with van der Waals surface area (Å²) in [6.07, 6.45) is -10.8. The second kappa shape index (κ2) is 4.48. The van der Waals surface area contributed by atoms with Crippen LogP contribution in [-0.4, -0.2) is 22.4 Å². The van der Waals surface area contributed by atoms with Crippen LogP contribution in [0.3, 0.4) is 0 Å². The molecule has 0 saturated heterocycles. The van der Waals surface area contributed by atoms with Gasteiger partial charge in [-0.25, -0.2) is 4.79 Å². The number of aromatic carboxylic acids is 1. The zero-order chi connectivity index (χ0) is 15.0. The fourth-order valence-electron chi connectivity index (χ4n) is 1.09. The summed E-state index contributed by atoms with van der Waals surface area (Å²) in [4.78, 5) is 23.1. The first-order chi connectivity index (χ1) is 8.43. The number of pyridine rings is 1. The van der Waals surface area contributed by atoms with E-state index in [1.807, 2.05) is 0 Å². The molecule has 0 bridgehead atoms. The van der Waals surface area contributed by atoms with E-state index in [-0.39, 0.29) is 6.20 Å². The van der Waals surface area contributed by atoms with E-state index in [2.05, 4.69) is 4.74 Å². The van der Waals surface area contributed by atoms with Crippen molar-refractivity contribution in [1.82, 2.24) is 4.98 Å². The molecule has 5 nitrogen and oxygen atoms in total. The summed E-state index contributed by atoms with van der Waals surface area (Å²) < 4.78 is 75.7. The van der Waals surface area contributed by atoms with Gasteiger partial charge in [0.2, 0.25) is 11.2 Å². The van der Waals surface area contributed by atoms with E-state index in [1.54, 1.807) is 0 Å². The summed E-state index contributed by atoms with van der Waals surface area (Å²) in [5, 5.41) is 8.48. The van der Waals surface area contributed by atoms with Crippen molar-refractivity contribution >= 4 is 5.97 Å². The highest BCUT2D eigenvalue weighted by atomic mass is 19.4. The topological polar surface area (TPSA) is 79.4 Å². The Morgan fingerprint density at radius 3 is 2.11 bits per heavy atom. The highest BCUT2D eigenvalue weighted by Gasteiger charge is 2.40. The first-order valence-corrected chi connectivity index (χ1v) is 4.25. The average molecular weight is 291 g/mol. The zero-order valence-electron chi connectivity index (χ0n) is 8.52. The summed E-state index contributed by atoms with van der Waals surface area (Å²) >= 11 is 0. The molecule has 0 aliphatic heterocycles. The maximum atomic E-state index is 12.3. The molecule has 0 aliphatic rings. The van der Waals surface area contributed by atoms with Gasteiger partial charge in [0.05, 0.1) is 0 Å². The fourth-order valence-corrected chi connectivity index (χ4v) is 1.09. The molecular weight excluding hydrogens is 288 g/mol. The van der Waals surface area contributed by atoms with E-state index in [0.717, 1.165) is 0 Å². The average Bonchev–Trinajstić information content (AvgIpc) is 2.16. The Kier molecular flexibility index (Phi) is 3.50. The summed E-state index contributed by atoms with van der Waals surface area (Å²) in [5.74, 6) is -4.06. The van der Waals surface area contributed by atoms with Gasteiger partial charge in [0.15, 0.2) is 5.69 Å². The van der Waals surface area contributed by atoms with Crippen LogP contribution in [0.5, 0.6) is 5.75 Å². The van der Waals surface area contributed by atoms with Crippen molar-refractivity contribution in [2.75, 3.05) is 0 Å². The number of H-pyrrole nitrogens is 1. The van der Waals surface area contributed by atoms with Gasteiger partial charge < -0.3 is 14.8 Å². The van der Waals surface area contributed by atoms with Crippen LogP contribution in [0.1, 0.15) is 16.1 Å². The first-order valence-electron chi connectivity index (χ1n) is 4.25. The van der Waals surface area contributed by atoms with Crippen molar-refractivity contribution in [3.05, 3.63) is 27.7 Å². The smallest absolute Gasteiger partial charge is 0.476 e. The molecule has 1 heterocycles. The van der Waals surface area contributed by atoms with Crippen LogP contribution in [0.4, 0.5) is 26.3 Å². The van der Waals surface area contributed by atoms with Crippen molar-refractivity contribution in [3.8, 4) is 5.75 Å². The van der Waals surface area contributed by atoms with Gasteiger partial charge in [-0.2, -0.15) is 13.2 Å². The first kappa shape index (κ1) is 14.9. The largest absolute Gasteiger partial charge is 0.573 e. The van der Waals surface area contributed by atoms with Crippen molar-refractivity contribution in [2.45, 2.75) is 12.5 Å². The fraction of sp³-hybridized carbons (Fsp3) is 0.250. The third-order valence-electron chi connectivity index (χ3n) is 1.78. The molecule has 1 aromatic rings. The molecule has 11 heteroatoms. The van der Waals surface area contributed by atoms with Crippen molar-refractivity contribution in [1.29, 1.82) is 0 Å². The second-order valence-electron chi connectivity index (χ2n) is 3.09. The number of hydrogen-bond acceptors (Lipinski definition) is 3. The molecule has 106 valence electrons. The molecule has 0 spiro atoms.